The fraction of sp³-hybridized carbons (Fsp3) is 0.556. The maximum absolute atomic E-state index is 13.7. The first-order chi connectivity index (χ1) is 37.5. The molecule has 4 unspecified atom stereocenters. The topological polar surface area (TPSA) is 548 Å². The minimum atomic E-state index is -5.80. The van der Waals surface area contributed by atoms with Gasteiger partial charge < -0.3 is 85.0 Å². The number of aromatic nitrogens is 12. The van der Waals surface area contributed by atoms with Crippen LogP contribution in [0.15, 0.2) is 34.9 Å². The number of carbonyl (C=O) groups is 1. The van der Waals surface area contributed by atoms with Gasteiger partial charge in [0.25, 0.3) is 24.9 Å². The number of H-pyrrole nitrogens is 2. The number of nitrogens with two attached hydrogens (primary N) is 3. The number of phosphoric ester groups is 3. The number of aryl methyl sites for hydroxylation is 1. The predicted molar refractivity (Wildman–Crippen MR) is 264 cm³/mol. The molecule has 39 nitrogen and oxygen atoms in total. The Morgan fingerprint density at radius 1 is 0.800 bits per heavy atom. The highest BCUT2D eigenvalue weighted by Crippen LogP contribution is 2.68. The molecule has 80 heavy (non-hydrogen) atoms. The van der Waals surface area contributed by atoms with Gasteiger partial charge in [-0.25, -0.2) is 42.3 Å². The van der Waals surface area contributed by atoms with Crippen LogP contribution in [0.4, 0.5) is 17.7 Å². The lowest BCUT2D eigenvalue weighted by atomic mass is 9.94. The first-order valence-corrected chi connectivity index (χ1v) is 30.0. The highest BCUT2D eigenvalue weighted by molar-refractivity contribution is 8.09. The first kappa shape index (κ1) is 59.4. The number of nitrogen functional groups attached to an aromatic ring is 3. The number of phosphoric acid groups is 3. The van der Waals surface area contributed by atoms with Gasteiger partial charge in [-0.1, -0.05) is 4.98 Å². The summed E-state index contributed by atoms with van der Waals surface area (Å²) in [5, 5.41) is 33.3. The summed E-state index contributed by atoms with van der Waals surface area (Å²) < 4.78 is 98.6. The fourth-order valence-corrected chi connectivity index (χ4v) is 15.0. The van der Waals surface area contributed by atoms with Crippen LogP contribution in [0, 0.1) is 5.92 Å². The molecule has 44 heteroatoms. The Kier molecular flexibility index (Phi) is 16.7. The number of ether oxygens (including phenoxy) is 4. The van der Waals surface area contributed by atoms with Gasteiger partial charge in [0.2, 0.25) is 23.6 Å². The summed E-state index contributed by atoms with van der Waals surface area (Å²) >= 11 is 4.78. The van der Waals surface area contributed by atoms with E-state index < -0.39 is 147 Å². The van der Waals surface area contributed by atoms with Crippen LogP contribution in [0.1, 0.15) is 25.1 Å². The minimum absolute atomic E-state index is 0.0117. The van der Waals surface area contributed by atoms with E-state index in [9.17, 15) is 63.0 Å². The van der Waals surface area contributed by atoms with Crippen LogP contribution in [0.5, 0.6) is 0 Å². The van der Waals surface area contributed by atoms with E-state index in [0.29, 0.717) is 0 Å². The van der Waals surface area contributed by atoms with Crippen molar-refractivity contribution in [1.82, 2.24) is 58.5 Å². The zero-order valence-corrected chi connectivity index (χ0v) is 45.9. The number of nitrogens with zero attached hydrogens (tertiary/aromatic N) is 11. The van der Waals surface area contributed by atoms with Crippen LogP contribution in [0.25, 0.3) is 33.5 Å². The monoisotopic (exact) mass is 1230 g/mol. The van der Waals surface area contributed by atoms with E-state index in [-0.39, 0.29) is 51.2 Å². The standard InChI is InChI=1S/C36H50N16O23P4S/c1-48(2)17(53)5-13-14(70-32(21(13)54)52-12-49(3)20-29(52)45-36(39)47-31(20)58)6-68-77(61,62)74-79(65,80)75-78(63,64)69-8-16-24(25(66-4)34(72-16)50-10-42-18-26(37)40-9-41-27(18)50)73-76(59,60)67-7-15-22(55)23(56)33(71-15)51-11-43-19-28(51)44-35(38)46-30(19)57/h9-16,21-25,32-34,54-56H,5-8H2,1-4H3,(H11-,37,38,39,40,41,44,45,46,47,57,58,59,60,61,62,63,64,65,80)/t13-,14-,15-,16-,21-,22-,23-,24-,25-,32-,33-,34-,79?/m1/s1. The Morgan fingerprint density at radius 2 is 1.40 bits per heavy atom. The molecule has 16 atom stereocenters. The second kappa shape index (κ2) is 22.5. The number of rotatable bonds is 21. The van der Waals surface area contributed by atoms with Crippen molar-refractivity contribution in [3.05, 3.63) is 46.0 Å². The van der Waals surface area contributed by atoms with Crippen molar-refractivity contribution in [2.75, 3.05) is 58.2 Å². The molecule has 3 aliphatic heterocycles. The lowest BCUT2D eigenvalue weighted by Crippen LogP contribution is -2.45. The van der Waals surface area contributed by atoms with E-state index in [1.807, 2.05) is 0 Å². The number of carbonyl (C=O) groups excluding carboxylic acids is 1. The predicted octanol–water partition coefficient (Wildman–Crippen LogP) is -4.49. The van der Waals surface area contributed by atoms with Crippen molar-refractivity contribution >= 4 is 99.1 Å². The quantitative estimate of drug-likeness (QED) is 0.0239. The number of amides is 1. The van der Waals surface area contributed by atoms with Gasteiger partial charge in [-0.05, 0) is 11.8 Å². The van der Waals surface area contributed by atoms with Crippen LogP contribution < -0.4 is 37.8 Å². The second-order valence-corrected chi connectivity index (χ2v) is 25.5. The molecule has 0 aliphatic carbocycles. The van der Waals surface area contributed by atoms with Gasteiger partial charge in [0.1, 0.15) is 54.6 Å². The number of aliphatic hydroxyl groups excluding tert-OH is 3. The van der Waals surface area contributed by atoms with Gasteiger partial charge in [0, 0.05) is 33.5 Å². The van der Waals surface area contributed by atoms with Gasteiger partial charge in [0.15, 0.2) is 41.4 Å². The summed E-state index contributed by atoms with van der Waals surface area (Å²) in [5.41, 5.74) is 15.7. The summed E-state index contributed by atoms with van der Waals surface area (Å²) in [7, 11) is -11.7. The largest absolute Gasteiger partial charge is 0.756 e. The van der Waals surface area contributed by atoms with Gasteiger partial charge in [0.05, 0.1) is 45.6 Å². The maximum Gasteiger partial charge on any atom is 0.479 e. The molecule has 1 amide bonds. The van der Waals surface area contributed by atoms with E-state index in [2.05, 4.69) is 48.5 Å². The summed E-state index contributed by atoms with van der Waals surface area (Å²) in [6, 6.07) is 0. The van der Waals surface area contributed by atoms with Crippen LogP contribution in [-0.4, -0.2) is 184 Å². The third-order valence-electron chi connectivity index (χ3n) is 12.6. The van der Waals surface area contributed by atoms with E-state index in [4.69, 9.17) is 66.1 Å². The average molecular weight is 1230 g/mol. The molecular formula is C36H50N16O23P4S. The van der Waals surface area contributed by atoms with Crippen molar-refractivity contribution in [2.24, 2.45) is 13.0 Å². The molecule has 0 spiro atoms. The van der Waals surface area contributed by atoms with Crippen molar-refractivity contribution in [3.8, 4) is 0 Å². The normalized spacial score (nSPS) is 29.2. The summed E-state index contributed by atoms with van der Waals surface area (Å²) in [4.78, 5) is 114. The van der Waals surface area contributed by atoms with Crippen molar-refractivity contribution in [2.45, 2.75) is 73.9 Å². The van der Waals surface area contributed by atoms with E-state index >= 15 is 0 Å². The molecule has 3 saturated heterocycles. The molecule has 438 valence electrons. The fourth-order valence-electron chi connectivity index (χ4n) is 9.01. The number of aliphatic hydroxyl groups is 3. The van der Waals surface area contributed by atoms with Crippen molar-refractivity contribution in [1.29, 1.82) is 0 Å². The van der Waals surface area contributed by atoms with Gasteiger partial charge in [-0.3, -0.25) is 51.7 Å². The van der Waals surface area contributed by atoms with E-state index in [1.165, 1.54) is 46.1 Å². The van der Waals surface area contributed by atoms with E-state index in [0.717, 1.165) is 30.7 Å². The first-order valence-electron chi connectivity index (χ1n) is 23.0. The second-order valence-electron chi connectivity index (χ2n) is 18.1. The van der Waals surface area contributed by atoms with Gasteiger partial charge >= 0.3 is 28.0 Å². The summed E-state index contributed by atoms with van der Waals surface area (Å²) in [6.45, 7) is -8.63. The molecule has 0 saturated carbocycles. The molecule has 14 N–H and O–H groups in total. The van der Waals surface area contributed by atoms with Crippen LogP contribution in [-0.2, 0) is 83.0 Å². The van der Waals surface area contributed by atoms with Gasteiger partial charge in [-0.2, -0.15) is 4.98 Å². The highest BCUT2D eigenvalue weighted by atomic mass is 32.5. The lowest BCUT2D eigenvalue weighted by Gasteiger charge is -2.31. The molecule has 0 bridgehead atoms. The Balaban J connectivity index is 0.879. The summed E-state index contributed by atoms with van der Waals surface area (Å²) in [6.07, 6.45) is -13.7. The van der Waals surface area contributed by atoms with Crippen LogP contribution >= 0.6 is 30.2 Å². The average Bonchev–Trinajstić information content (AvgIpc) is 4.23. The van der Waals surface area contributed by atoms with Crippen molar-refractivity contribution < 1.29 is 104 Å². The number of hydrogen-bond acceptors (Lipinski definition) is 30. The lowest BCUT2D eigenvalue weighted by molar-refractivity contribution is -0.745. The van der Waals surface area contributed by atoms with E-state index in [1.54, 1.807) is 0 Å². The smallest absolute Gasteiger partial charge is 0.479 e. The van der Waals surface area contributed by atoms with Crippen molar-refractivity contribution in [3.63, 3.8) is 0 Å². The highest BCUT2D eigenvalue weighted by Gasteiger charge is 2.53. The molecule has 0 radical (unpaired) electrons. The molecule has 3 fully saturated rings. The number of imidazole rings is 3. The Hall–Kier alpha value is -5.22. The number of fused-ring (bicyclic) bond motifs is 3. The number of aromatic amines is 2. The van der Waals surface area contributed by atoms with Gasteiger partial charge in [-0.15, -0.1) is 0 Å². The number of methoxy groups -OCH3 is 1. The Morgan fingerprint density at radius 3 is 2.06 bits per heavy atom. The summed E-state index contributed by atoms with van der Waals surface area (Å²) in [5.74, 6) is -2.40. The number of anilines is 3. The Bertz CT molecular complexity index is 3660. The zero-order chi connectivity index (χ0) is 58.1. The zero-order valence-electron chi connectivity index (χ0n) is 41.5. The molecule has 0 aromatic carbocycles. The maximum atomic E-state index is 13.7. The minimum Gasteiger partial charge on any atom is -0.756 e. The number of hydrogen-bond donors (Lipinski definition) is 11. The van der Waals surface area contributed by atoms with Crippen LogP contribution in [0.3, 0.4) is 0 Å². The van der Waals surface area contributed by atoms with Crippen LogP contribution in [0.2, 0.25) is 0 Å². The molecular weight excluding hydrogens is 1180 g/mol. The third kappa shape index (κ3) is 12.1. The number of nitrogens with one attached hydrogen (secondary N) is 2. The molecule has 6 aromatic heterocycles. The Labute approximate surface area is 451 Å². The molecule has 3 aliphatic rings. The molecule has 9 rings (SSSR count). The SMILES string of the molecule is CO[C@@H]1[C@H](OP(=O)([O-])OC[C@H]2O[C@@H](n3cnc4c(=O)[nH]c(N)nc43)[C@H](O)[C@@H]2O)[C@@H](COP(=O)(O)OP(O)(=S)OP(=O)(O)OC[C@H]2O[C@@H]([n+]3cn(C)c4c(=O)[nH]c(N)nc43)[C@H](O)[C@@H]2CC(=O)N(C)C)O[C@H]1n1cnc2c(N)ncnc21. The molecule has 9 heterocycles. The molecule has 6 aromatic rings. The third-order valence-corrected chi connectivity index (χ3v) is 19.1.